The van der Waals surface area contributed by atoms with Crippen molar-refractivity contribution >= 4 is 67.1 Å². The highest BCUT2D eigenvalue weighted by Gasteiger charge is 2.25. The predicted octanol–water partition coefficient (Wildman–Crippen LogP) is -3.18. The monoisotopic (exact) mass is 660 g/mol. The molecule has 22 heteroatoms. The molecule has 0 aliphatic heterocycles. The van der Waals surface area contributed by atoms with E-state index in [1.54, 1.807) is 0 Å². The zero-order chi connectivity index (χ0) is 32.4. The molecule has 9 N–H and O–H groups in total. The Morgan fingerprint density at radius 1 is 0.643 bits per heavy atom. The van der Waals surface area contributed by atoms with Crippen molar-refractivity contribution in [3.05, 3.63) is 17.2 Å². The Bertz CT molecular complexity index is 1350. The van der Waals surface area contributed by atoms with Gasteiger partial charge in [-0.05, 0) is 12.1 Å². The molecule has 0 aliphatic rings. The van der Waals surface area contributed by atoms with Crippen molar-refractivity contribution in [1.29, 1.82) is 0 Å². The Labute approximate surface area is 244 Å². The predicted molar refractivity (Wildman–Crippen MR) is 143 cm³/mol. The summed E-state index contributed by atoms with van der Waals surface area (Å²) in [5.41, 5.74) is -0.517. The number of carboxylic acid groups (broad SMARTS) is 4. The standard InChI is InChI=1S/C20H29ClN6O13S2/c21-12-5-13(15(42(23,39)40)6-14(12)41(22,37)38)24-16(28)7-25(1-3-26(8-17(29)30)9-18(31)32)2-4-27(10-19(33)34)11-20(35)36/h5-6H,1-4,7-11H2,(H,24,28)(H,29,30)(H,31,32)(H,33,34)(H,35,36)(H2,22,37,38)(H2,23,39,40). The fourth-order valence-electron chi connectivity index (χ4n) is 3.51. The number of anilines is 1. The van der Waals surface area contributed by atoms with Gasteiger partial charge in [-0.25, -0.2) is 27.1 Å². The number of carboxylic acids is 4. The minimum Gasteiger partial charge on any atom is -0.480 e. The number of sulfonamides is 2. The summed E-state index contributed by atoms with van der Waals surface area (Å²) in [7, 11) is -9.13. The summed E-state index contributed by atoms with van der Waals surface area (Å²) in [5.74, 6) is -6.31. The highest BCUT2D eigenvalue weighted by Crippen LogP contribution is 2.30. The molecule has 1 rings (SSSR count). The van der Waals surface area contributed by atoms with Crippen LogP contribution in [0.5, 0.6) is 0 Å². The number of nitrogens with zero attached hydrogens (tertiary/aromatic N) is 3. The smallest absolute Gasteiger partial charge is 0.317 e. The van der Waals surface area contributed by atoms with Gasteiger partial charge in [0.25, 0.3) is 0 Å². The Morgan fingerprint density at radius 3 is 1.33 bits per heavy atom. The molecule has 0 saturated carbocycles. The van der Waals surface area contributed by atoms with Crippen molar-refractivity contribution in [3.63, 3.8) is 0 Å². The maximum absolute atomic E-state index is 12.9. The molecule has 0 aromatic heterocycles. The minimum absolute atomic E-state index is 0.185. The van der Waals surface area contributed by atoms with E-state index in [-0.39, 0.29) is 26.2 Å². The number of benzene rings is 1. The van der Waals surface area contributed by atoms with Crippen LogP contribution in [0, 0.1) is 0 Å². The van der Waals surface area contributed by atoms with Crippen LogP contribution < -0.4 is 15.6 Å². The highest BCUT2D eigenvalue weighted by atomic mass is 35.5. The van der Waals surface area contributed by atoms with Crippen LogP contribution in [0.25, 0.3) is 0 Å². The molecule has 0 aliphatic carbocycles. The summed E-state index contributed by atoms with van der Waals surface area (Å²) < 4.78 is 47.7. The number of primary sulfonamides is 2. The number of nitrogens with one attached hydrogen (secondary N) is 1. The van der Waals surface area contributed by atoms with Gasteiger partial charge in [0.05, 0.1) is 43.4 Å². The first kappa shape index (κ1) is 36.6. The Hall–Kier alpha value is -3.44. The summed E-state index contributed by atoms with van der Waals surface area (Å²) >= 11 is 5.90. The van der Waals surface area contributed by atoms with Gasteiger partial charge in [0.15, 0.2) is 0 Å². The van der Waals surface area contributed by atoms with E-state index in [0.717, 1.165) is 15.9 Å². The minimum atomic E-state index is -4.64. The van der Waals surface area contributed by atoms with Gasteiger partial charge in [0.1, 0.15) is 9.79 Å². The van der Waals surface area contributed by atoms with Crippen molar-refractivity contribution in [2.45, 2.75) is 9.79 Å². The first-order chi connectivity index (χ1) is 19.2. The van der Waals surface area contributed by atoms with Gasteiger partial charge in [-0.15, -0.1) is 0 Å². The average Bonchev–Trinajstić information content (AvgIpc) is 2.77. The van der Waals surface area contributed by atoms with Gasteiger partial charge in [0.2, 0.25) is 26.0 Å². The van der Waals surface area contributed by atoms with E-state index in [9.17, 15) is 40.8 Å². The summed E-state index contributed by atoms with van der Waals surface area (Å²) in [6.45, 7) is -4.12. The largest absolute Gasteiger partial charge is 0.480 e. The number of hydrogen-bond donors (Lipinski definition) is 7. The second-order valence-electron chi connectivity index (χ2n) is 8.69. The number of rotatable bonds is 19. The lowest BCUT2D eigenvalue weighted by atomic mass is 10.3. The van der Waals surface area contributed by atoms with Crippen molar-refractivity contribution in [2.24, 2.45) is 10.3 Å². The van der Waals surface area contributed by atoms with E-state index < -0.39 is 103 Å². The lowest BCUT2D eigenvalue weighted by Crippen LogP contribution is -2.46. The second-order valence-corrected chi connectivity index (χ2v) is 12.2. The van der Waals surface area contributed by atoms with E-state index in [2.05, 4.69) is 5.32 Å². The number of halogens is 1. The van der Waals surface area contributed by atoms with Crippen LogP contribution in [-0.4, -0.2) is 141 Å². The molecule has 0 unspecified atom stereocenters. The molecule has 19 nitrogen and oxygen atoms in total. The van der Waals surface area contributed by atoms with Gasteiger partial charge in [0, 0.05) is 26.2 Å². The third-order valence-corrected chi connectivity index (χ3v) is 7.52. The Morgan fingerprint density at radius 2 is 1.00 bits per heavy atom. The van der Waals surface area contributed by atoms with Gasteiger partial charge in [-0.3, -0.25) is 38.7 Å². The molecule has 42 heavy (non-hydrogen) atoms. The lowest BCUT2D eigenvalue weighted by molar-refractivity contribution is -0.143. The van der Waals surface area contributed by atoms with Crippen LogP contribution in [-0.2, 0) is 44.0 Å². The molecule has 0 saturated heterocycles. The molecular weight excluding hydrogens is 632 g/mol. The Balaban J connectivity index is 3.29. The summed E-state index contributed by atoms with van der Waals surface area (Å²) in [6.07, 6.45) is 0. The van der Waals surface area contributed by atoms with E-state index in [1.807, 2.05) is 0 Å². The molecule has 0 atom stereocenters. The second kappa shape index (κ2) is 15.7. The maximum atomic E-state index is 12.9. The van der Waals surface area contributed by atoms with Crippen molar-refractivity contribution in [2.75, 3.05) is 64.2 Å². The third kappa shape index (κ3) is 13.5. The van der Waals surface area contributed by atoms with Crippen LogP contribution >= 0.6 is 11.6 Å². The number of nitrogens with two attached hydrogens (primary N) is 2. The fourth-order valence-corrected chi connectivity index (χ4v) is 5.38. The molecule has 0 bridgehead atoms. The molecule has 236 valence electrons. The maximum Gasteiger partial charge on any atom is 0.317 e. The summed E-state index contributed by atoms with van der Waals surface area (Å²) in [5, 5.41) is 48.0. The molecule has 1 amide bonds. The van der Waals surface area contributed by atoms with Crippen LogP contribution in [0.15, 0.2) is 21.9 Å². The average molecular weight is 661 g/mol. The van der Waals surface area contributed by atoms with Crippen LogP contribution in [0.4, 0.5) is 5.69 Å². The molecular formula is C20H29ClN6O13S2. The SMILES string of the molecule is NS(=O)(=O)c1cc(S(N)(=O)=O)c(NC(=O)CN(CCN(CC(=O)O)CC(=O)O)CCN(CC(=O)O)CC(=O)O)cc1Cl. The van der Waals surface area contributed by atoms with Crippen LogP contribution in [0.3, 0.4) is 0 Å². The van der Waals surface area contributed by atoms with Crippen LogP contribution in [0.1, 0.15) is 0 Å². The van der Waals surface area contributed by atoms with Gasteiger partial charge in [-0.2, -0.15) is 0 Å². The fraction of sp³-hybridized carbons (Fsp3) is 0.450. The topological polar surface area (TPSA) is 308 Å². The number of aliphatic carboxylic acids is 4. The van der Waals surface area contributed by atoms with E-state index in [1.165, 1.54) is 4.90 Å². The Kier molecular flexibility index (Phi) is 13.7. The van der Waals surface area contributed by atoms with E-state index in [0.29, 0.717) is 6.07 Å². The van der Waals surface area contributed by atoms with Gasteiger partial charge >= 0.3 is 23.9 Å². The number of carbonyl (C=O) groups is 5. The van der Waals surface area contributed by atoms with Gasteiger partial charge in [-0.1, -0.05) is 11.6 Å². The highest BCUT2D eigenvalue weighted by molar-refractivity contribution is 7.90. The number of hydrogen-bond acceptors (Lipinski definition) is 12. The van der Waals surface area contributed by atoms with Crippen molar-refractivity contribution in [3.8, 4) is 0 Å². The molecule has 0 fully saturated rings. The molecule has 1 aromatic carbocycles. The number of carbonyl (C=O) groups excluding carboxylic acids is 1. The third-order valence-electron chi connectivity index (χ3n) is 5.19. The van der Waals surface area contributed by atoms with Crippen molar-refractivity contribution in [1.82, 2.24) is 14.7 Å². The first-order valence-corrected chi connectivity index (χ1v) is 14.9. The van der Waals surface area contributed by atoms with E-state index in [4.69, 9.17) is 42.3 Å². The summed E-state index contributed by atoms with van der Waals surface area (Å²) in [6, 6.07) is 1.33. The molecule has 0 radical (unpaired) electrons. The first-order valence-electron chi connectivity index (χ1n) is 11.4. The lowest BCUT2D eigenvalue weighted by Gasteiger charge is -2.28. The number of amides is 1. The normalized spacial score (nSPS) is 12.0. The van der Waals surface area contributed by atoms with Crippen molar-refractivity contribution < 1.29 is 61.2 Å². The zero-order valence-corrected chi connectivity index (χ0v) is 24.1. The van der Waals surface area contributed by atoms with E-state index >= 15 is 0 Å². The van der Waals surface area contributed by atoms with Crippen LogP contribution in [0.2, 0.25) is 5.02 Å². The zero-order valence-electron chi connectivity index (χ0n) is 21.7. The molecule has 0 heterocycles. The van der Waals surface area contributed by atoms with Gasteiger partial charge < -0.3 is 25.7 Å². The molecule has 0 spiro atoms. The molecule has 1 aromatic rings. The quantitative estimate of drug-likeness (QED) is 0.0769. The summed E-state index contributed by atoms with van der Waals surface area (Å²) in [4.78, 5) is 59.1.